The van der Waals surface area contributed by atoms with Gasteiger partial charge in [0.2, 0.25) is 0 Å². The largest absolute Gasteiger partial charge is 2.00 e. The monoisotopic (exact) mass is 723 g/mol. The van der Waals surface area contributed by atoms with Crippen LogP contribution in [0.15, 0.2) is 52.4 Å². The molecular weight excluding hydrogens is 696 g/mol. The predicted molar refractivity (Wildman–Crippen MR) is 153 cm³/mol. The van der Waals surface area contributed by atoms with Crippen molar-refractivity contribution >= 4 is 48.1 Å². The molecule has 18 heteroatoms. The average Bonchev–Trinajstić information content (AvgIpc) is 2.85. The van der Waals surface area contributed by atoms with Crippen LogP contribution in [0.3, 0.4) is 0 Å². The van der Waals surface area contributed by atoms with Crippen LogP contribution in [-0.4, -0.2) is 38.9 Å². The Labute approximate surface area is 274 Å². The van der Waals surface area contributed by atoms with Gasteiger partial charge < -0.3 is 21.8 Å². The molecule has 3 aromatic rings. The molecule has 0 aliphatic heterocycles. The van der Waals surface area contributed by atoms with Crippen molar-refractivity contribution in [2.24, 2.45) is 9.98 Å². The molecule has 0 saturated carbocycles. The fourth-order valence-electron chi connectivity index (χ4n) is 3.76. The topological polar surface area (TPSA) is 115 Å². The Balaban J connectivity index is 0.000000943. The standard InChI is InChI=1S/C25H27N3.2CHF3O3S.Fe/c1-16-10-18(3)24(19(4)11-16)26-14-22-8-7-9-23(28-22)15-27-25-20(5)12-17(2)13-21(25)6;2-1(3,4)7-8(5)6;2-1(3,4)5-6-7-8;/h7-15H,1-6H3;(H,5,6);8H;/q;;;+2/p-2. The maximum absolute atomic E-state index is 10.8. The first-order valence-electron chi connectivity index (χ1n) is 12.1. The summed E-state index contributed by atoms with van der Waals surface area (Å²) in [7, 11) is 0. The molecule has 0 radical (unpaired) electrons. The zero-order valence-corrected chi connectivity index (χ0v) is 27.2. The number of aromatic nitrogens is 1. The third-order valence-corrected chi connectivity index (χ3v) is 5.41. The number of alkyl halides is 6. The van der Waals surface area contributed by atoms with Gasteiger partial charge in [-0.05, 0) is 75.9 Å². The van der Waals surface area contributed by atoms with Gasteiger partial charge in [-0.15, -0.1) is 31.2 Å². The Hall–Kier alpha value is -2.67. The number of aliphatic imine (C=N–C) groups is 2. The molecule has 1 atom stereocenters. The van der Waals surface area contributed by atoms with Gasteiger partial charge in [-0.1, -0.05) is 46.5 Å². The van der Waals surface area contributed by atoms with E-state index in [1.165, 1.54) is 33.4 Å². The van der Waals surface area contributed by atoms with E-state index in [0.29, 0.717) is 0 Å². The van der Waals surface area contributed by atoms with E-state index in [1.807, 2.05) is 30.6 Å². The van der Waals surface area contributed by atoms with Crippen LogP contribution in [0.2, 0.25) is 0 Å². The first-order valence-corrected chi connectivity index (χ1v) is 13.4. The number of rotatable bonds is 7. The van der Waals surface area contributed by atoms with E-state index in [2.05, 4.69) is 112 Å². The Morgan fingerprint density at radius 2 is 1.16 bits per heavy atom. The van der Waals surface area contributed by atoms with Crippen LogP contribution in [0.5, 0.6) is 0 Å². The minimum Gasteiger partial charge on any atom is -0.750 e. The van der Waals surface area contributed by atoms with E-state index in [4.69, 9.17) is 8.76 Å². The quantitative estimate of drug-likeness (QED) is 0.0466. The maximum atomic E-state index is 10.8. The number of nitrogens with zero attached hydrogens (tertiary/aromatic N) is 3. The molecule has 1 unspecified atom stereocenters. The summed E-state index contributed by atoms with van der Waals surface area (Å²) < 4.78 is 87.9. The van der Waals surface area contributed by atoms with Crippen molar-refractivity contribution in [2.75, 3.05) is 0 Å². The molecule has 2 aromatic carbocycles. The van der Waals surface area contributed by atoms with Gasteiger partial charge in [-0.3, -0.25) is 9.98 Å². The number of hydrogen-bond donors (Lipinski definition) is 0. The Kier molecular flexibility index (Phi) is 18.6. The Morgan fingerprint density at radius 1 is 0.778 bits per heavy atom. The molecular formula is C27H27F6FeN3O6S2. The molecule has 0 saturated heterocycles. The van der Waals surface area contributed by atoms with Crippen LogP contribution in [0.4, 0.5) is 37.7 Å². The number of aryl methyl sites for hydroxylation is 6. The summed E-state index contributed by atoms with van der Waals surface area (Å²) in [5.74, 6) is 0. The van der Waals surface area contributed by atoms with Crippen LogP contribution < -0.4 is 0 Å². The van der Waals surface area contributed by atoms with Gasteiger partial charge in [0.1, 0.15) is 0 Å². The summed E-state index contributed by atoms with van der Waals surface area (Å²) in [6, 6.07) is 14.5. The van der Waals surface area contributed by atoms with E-state index in [1.54, 1.807) is 0 Å². The third kappa shape index (κ3) is 18.2. The fraction of sp³-hybridized carbons (Fsp3) is 0.296. The average molecular weight is 723 g/mol. The van der Waals surface area contributed by atoms with E-state index in [9.17, 15) is 26.3 Å². The van der Waals surface area contributed by atoms with Crippen LogP contribution in [-0.2, 0) is 59.8 Å². The molecule has 9 nitrogen and oxygen atoms in total. The van der Waals surface area contributed by atoms with Gasteiger partial charge >= 0.3 is 29.8 Å². The summed E-state index contributed by atoms with van der Waals surface area (Å²) in [6.07, 6.45) is -6.31. The minimum atomic E-state index is -5.09. The first-order chi connectivity index (χ1) is 20.3. The van der Waals surface area contributed by atoms with E-state index in [0.717, 1.165) is 22.8 Å². The molecule has 0 aliphatic carbocycles. The predicted octanol–water partition coefficient (Wildman–Crippen LogP) is 7.60. The number of pyridine rings is 1. The van der Waals surface area contributed by atoms with Crippen molar-refractivity contribution in [3.8, 4) is 0 Å². The zero-order valence-electron chi connectivity index (χ0n) is 24.4. The van der Waals surface area contributed by atoms with Crippen LogP contribution in [0, 0.1) is 41.5 Å². The van der Waals surface area contributed by atoms with Crippen LogP contribution in [0.1, 0.15) is 44.8 Å². The van der Waals surface area contributed by atoms with Crippen molar-refractivity contribution < 1.29 is 70.6 Å². The molecule has 3 rings (SSSR count). The van der Waals surface area contributed by atoms with Gasteiger partial charge in [0.25, 0.3) is 0 Å². The summed E-state index contributed by atoms with van der Waals surface area (Å²) in [6.45, 7) is 12.6. The molecule has 0 N–H and O–H groups in total. The van der Waals surface area contributed by atoms with Gasteiger partial charge in [0.15, 0.2) is 0 Å². The summed E-state index contributed by atoms with van der Waals surface area (Å²) in [5.41, 5.74) is 10.9. The third-order valence-electron chi connectivity index (χ3n) is 5.03. The van der Waals surface area contributed by atoms with Crippen LogP contribution in [0.25, 0.3) is 0 Å². The van der Waals surface area contributed by atoms with Gasteiger partial charge in [-0.25, -0.2) is 13.4 Å². The summed E-state index contributed by atoms with van der Waals surface area (Å²) >= 11 is -0.0372. The van der Waals surface area contributed by atoms with E-state index in [-0.39, 0.29) is 17.1 Å². The second-order valence-corrected chi connectivity index (χ2v) is 9.61. The minimum absolute atomic E-state index is 0. The van der Waals surface area contributed by atoms with Crippen molar-refractivity contribution in [1.29, 1.82) is 0 Å². The molecule has 0 fully saturated rings. The van der Waals surface area contributed by atoms with Crippen molar-refractivity contribution in [3.05, 3.63) is 87.2 Å². The number of halogens is 6. The Morgan fingerprint density at radius 3 is 1.40 bits per heavy atom. The van der Waals surface area contributed by atoms with Gasteiger partial charge in [0.05, 0.1) is 46.6 Å². The number of hydrogen-bond acceptors (Lipinski definition) is 10. The Bertz CT molecular complexity index is 1340. The first kappa shape index (κ1) is 42.3. The van der Waals surface area contributed by atoms with Crippen molar-refractivity contribution in [3.63, 3.8) is 0 Å². The molecule has 1 heterocycles. The second-order valence-electron chi connectivity index (χ2n) is 8.90. The van der Waals surface area contributed by atoms with Crippen molar-refractivity contribution in [1.82, 2.24) is 4.98 Å². The van der Waals surface area contributed by atoms with Crippen LogP contribution >= 0.6 is 0 Å². The molecule has 45 heavy (non-hydrogen) atoms. The van der Waals surface area contributed by atoms with Gasteiger partial charge in [0, 0.05) is 0 Å². The molecule has 0 aliphatic rings. The number of benzene rings is 2. The molecule has 0 spiro atoms. The second kappa shape index (κ2) is 19.8. The maximum Gasteiger partial charge on any atom is 2.00 e. The molecule has 0 bridgehead atoms. The van der Waals surface area contributed by atoms with Gasteiger partial charge in [-0.2, -0.15) is 0 Å². The fourth-order valence-corrected chi connectivity index (χ4v) is 3.94. The van der Waals surface area contributed by atoms with Crippen molar-refractivity contribution in [2.45, 2.75) is 54.3 Å². The molecule has 1 aromatic heterocycles. The summed E-state index contributed by atoms with van der Waals surface area (Å²) in [5, 5.41) is 2.89. The normalized spacial score (nSPS) is 12.2. The van der Waals surface area contributed by atoms with E-state index >= 15 is 0 Å². The SMILES string of the molecule is Cc1cc(C)c(N=Cc2cccc(C=Nc3c(C)cc(C)cc3C)n2)c(C)c1.FC(F)(F)OOO[S-].O=S([O-])OC(F)(F)F.[Fe+2]. The molecule has 248 valence electrons. The summed E-state index contributed by atoms with van der Waals surface area (Å²) in [4.78, 5) is 16.6. The smallest absolute Gasteiger partial charge is 0.750 e. The van der Waals surface area contributed by atoms with E-state index < -0.39 is 24.1 Å². The zero-order chi connectivity index (χ0) is 33.7. The molecule has 0 amide bonds.